The summed E-state index contributed by atoms with van der Waals surface area (Å²) in [5, 5.41) is 0.880. The molecule has 82 valence electrons. The Morgan fingerprint density at radius 1 is 1.47 bits per heavy atom. The lowest BCUT2D eigenvalue weighted by Gasteiger charge is -2.41. The van der Waals surface area contributed by atoms with Crippen LogP contribution in [-0.4, -0.2) is 13.1 Å². The maximum Gasteiger partial charge on any atom is 0.0640 e. The van der Waals surface area contributed by atoms with Crippen molar-refractivity contribution >= 4 is 39.9 Å². The number of rotatable bonds is 3. The molecule has 1 aliphatic heterocycles. The van der Waals surface area contributed by atoms with Gasteiger partial charge in [-0.15, -0.1) is 0 Å². The van der Waals surface area contributed by atoms with Crippen molar-refractivity contribution in [3.05, 3.63) is 26.8 Å². The third-order valence-corrected chi connectivity index (χ3v) is 3.89. The van der Waals surface area contributed by atoms with E-state index in [2.05, 4.69) is 46.5 Å². The number of hydrogen-bond acceptors (Lipinski definition) is 1. The first-order valence-corrected chi connectivity index (χ1v) is 6.86. The molecule has 0 bridgehead atoms. The van der Waals surface area contributed by atoms with E-state index in [9.17, 15) is 0 Å². The van der Waals surface area contributed by atoms with Gasteiger partial charge in [0, 0.05) is 16.7 Å². The molecule has 1 heterocycles. The second-order valence-electron chi connectivity index (χ2n) is 4.16. The average Bonchev–Trinajstić information content (AvgIpc) is 2.15. The van der Waals surface area contributed by atoms with Gasteiger partial charge in [0.05, 0.1) is 10.7 Å². The summed E-state index contributed by atoms with van der Waals surface area (Å²) in [5.74, 6) is 0.879. The minimum atomic E-state index is 0.879. The zero-order valence-corrected chi connectivity index (χ0v) is 11.8. The molecular formula is C12H15ClIN. The van der Waals surface area contributed by atoms with Gasteiger partial charge in [-0.25, -0.2) is 0 Å². The molecule has 2 rings (SSSR count). The van der Waals surface area contributed by atoms with E-state index in [-0.39, 0.29) is 0 Å². The molecule has 0 atom stereocenters. The van der Waals surface area contributed by atoms with E-state index in [1.165, 1.54) is 35.2 Å². The molecule has 1 nitrogen and oxygen atoms in total. The van der Waals surface area contributed by atoms with Gasteiger partial charge in [0.25, 0.3) is 0 Å². The predicted molar refractivity (Wildman–Crippen MR) is 74.8 cm³/mol. The summed E-state index contributed by atoms with van der Waals surface area (Å²) < 4.78 is 1.26. The standard InChI is InChI=1S/C12H15ClIN/c1-2-3-9-7-15(8-9)12-6-10(14)4-5-11(12)13/h4-6,9H,2-3,7-8H2,1H3. The van der Waals surface area contributed by atoms with Crippen molar-refractivity contribution in [3.8, 4) is 0 Å². The Kier molecular flexibility index (Phi) is 3.78. The minimum absolute atomic E-state index is 0.879. The van der Waals surface area contributed by atoms with Crippen LogP contribution >= 0.6 is 34.2 Å². The van der Waals surface area contributed by atoms with Crippen molar-refractivity contribution < 1.29 is 0 Å². The van der Waals surface area contributed by atoms with E-state index in [1.54, 1.807) is 0 Å². The number of benzene rings is 1. The van der Waals surface area contributed by atoms with Gasteiger partial charge in [-0.3, -0.25) is 0 Å². The van der Waals surface area contributed by atoms with Gasteiger partial charge in [-0.1, -0.05) is 24.9 Å². The monoisotopic (exact) mass is 335 g/mol. The Morgan fingerprint density at radius 3 is 2.87 bits per heavy atom. The van der Waals surface area contributed by atoms with Crippen molar-refractivity contribution in [1.29, 1.82) is 0 Å². The Hall–Kier alpha value is 0.0400. The number of halogens is 2. The van der Waals surface area contributed by atoms with Gasteiger partial charge in [-0.2, -0.15) is 0 Å². The van der Waals surface area contributed by atoms with E-state index in [0.29, 0.717) is 0 Å². The van der Waals surface area contributed by atoms with Gasteiger partial charge in [0.1, 0.15) is 0 Å². The number of nitrogens with zero attached hydrogens (tertiary/aromatic N) is 1. The zero-order chi connectivity index (χ0) is 10.8. The third kappa shape index (κ3) is 2.59. The summed E-state index contributed by atoms with van der Waals surface area (Å²) in [7, 11) is 0. The van der Waals surface area contributed by atoms with Crippen LogP contribution in [0.3, 0.4) is 0 Å². The van der Waals surface area contributed by atoms with Gasteiger partial charge in [-0.05, 0) is 53.1 Å². The Morgan fingerprint density at radius 2 is 2.20 bits per heavy atom. The van der Waals surface area contributed by atoms with E-state index in [4.69, 9.17) is 11.6 Å². The van der Waals surface area contributed by atoms with E-state index >= 15 is 0 Å². The average molecular weight is 336 g/mol. The molecule has 3 heteroatoms. The summed E-state index contributed by atoms with van der Waals surface area (Å²) in [4.78, 5) is 2.38. The van der Waals surface area contributed by atoms with E-state index in [0.717, 1.165) is 10.9 Å². The highest BCUT2D eigenvalue weighted by Crippen LogP contribution is 2.33. The molecule has 0 unspecified atom stereocenters. The highest BCUT2D eigenvalue weighted by molar-refractivity contribution is 14.1. The summed E-state index contributed by atoms with van der Waals surface area (Å²) in [6, 6.07) is 6.21. The molecule has 1 saturated heterocycles. The van der Waals surface area contributed by atoms with Crippen molar-refractivity contribution in [3.63, 3.8) is 0 Å². The first-order valence-electron chi connectivity index (χ1n) is 5.40. The maximum absolute atomic E-state index is 6.18. The molecule has 15 heavy (non-hydrogen) atoms. The SMILES string of the molecule is CCCC1CN(c2cc(I)ccc2Cl)C1. The summed E-state index contributed by atoms with van der Waals surface area (Å²) >= 11 is 8.52. The van der Waals surface area contributed by atoms with E-state index < -0.39 is 0 Å². The van der Waals surface area contributed by atoms with Crippen molar-refractivity contribution in [1.82, 2.24) is 0 Å². The molecule has 0 amide bonds. The predicted octanol–water partition coefficient (Wildman–Crippen LogP) is 4.18. The molecular weight excluding hydrogens is 320 g/mol. The van der Waals surface area contributed by atoms with Crippen LogP contribution in [0, 0.1) is 9.49 Å². The Bertz CT molecular complexity index is 347. The fraction of sp³-hybridized carbons (Fsp3) is 0.500. The fourth-order valence-corrected chi connectivity index (χ4v) is 2.80. The fourth-order valence-electron chi connectivity index (χ4n) is 2.09. The lowest BCUT2D eigenvalue weighted by atomic mass is 9.94. The summed E-state index contributed by atoms with van der Waals surface area (Å²) in [6.45, 7) is 4.60. The zero-order valence-electron chi connectivity index (χ0n) is 8.84. The first-order chi connectivity index (χ1) is 7.20. The quantitative estimate of drug-likeness (QED) is 0.749. The first kappa shape index (κ1) is 11.5. The molecule has 0 aliphatic carbocycles. The van der Waals surface area contributed by atoms with Crippen LogP contribution < -0.4 is 4.90 Å². The normalized spacial score (nSPS) is 16.6. The lowest BCUT2D eigenvalue weighted by molar-refractivity contribution is 0.381. The Labute approximate surface area is 110 Å². The molecule has 0 aromatic heterocycles. The number of hydrogen-bond donors (Lipinski definition) is 0. The van der Waals surface area contributed by atoms with Gasteiger partial charge >= 0.3 is 0 Å². The molecule has 0 saturated carbocycles. The van der Waals surface area contributed by atoms with Crippen LogP contribution in [-0.2, 0) is 0 Å². The third-order valence-electron chi connectivity index (χ3n) is 2.90. The van der Waals surface area contributed by atoms with Gasteiger partial charge in [0.15, 0.2) is 0 Å². The van der Waals surface area contributed by atoms with Crippen LogP contribution in [0.15, 0.2) is 18.2 Å². The van der Waals surface area contributed by atoms with Crippen LogP contribution in [0.1, 0.15) is 19.8 Å². The second kappa shape index (κ2) is 4.91. The second-order valence-corrected chi connectivity index (χ2v) is 5.81. The molecule has 1 fully saturated rings. The smallest absolute Gasteiger partial charge is 0.0640 e. The van der Waals surface area contributed by atoms with Crippen LogP contribution in [0.4, 0.5) is 5.69 Å². The molecule has 1 aromatic rings. The minimum Gasteiger partial charge on any atom is -0.370 e. The number of anilines is 1. The van der Waals surface area contributed by atoms with Crippen molar-refractivity contribution in [2.24, 2.45) is 5.92 Å². The van der Waals surface area contributed by atoms with Gasteiger partial charge < -0.3 is 4.90 Å². The summed E-state index contributed by atoms with van der Waals surface area (Å²) in [5.41, 5.74) is 1.20. The largest absolute Gasteiger partial charge is 0.370 e. The highest BCUT2D eigenvalue weighted by Gasteiger charge is 2.27. The molecule has 0 radical (unpaired) electrons. The summed E-state index contributed by atoms with van der Waals surface area (Å²) in [6.07, 6.45) is 2.64. The van der Waals surface area contributed by atoms with Crippen LogP contribution in [0.5, 0.6) is 0 Å². The topological polar surface area (TPSA) is 3.24 Å². The molecule has 1 aromatic carbocycles. The molecule has 1 aliphatic rings. The molecule has 0 spiro atoms. The van der Waals surface area contributed by atoms with Gasteiger partial charge in [0.2, 0.25) is 0 Å². The van der Waals surface area contributed by atoms with Crippen molar-refractivity contribution in [2.45, 2.75) is 19.8 Å². The lowest BCUT2D eigenvalue weighted by Crippen LogP contribution is -2.46. The molecule has 0 N–H and O–H groups in total. The highest BCUT2D eigenvalue weighted by atomic mass is 127. The van der Waals surface area contributed by atoms with Crippen LogP contribution in [0.25, 0.3) is 0 Å². The maximum atomic E-state index is 6.18. The van der Waals surface area contributed by atoms with Crippen molar-refractivity contribution in [2.75, 3.05) is 18.0 Å². The Balaban J connectivity index is 2.03. The van der Waals surface area contributed by atoms with E-state index in [1.807, 2.05) is 6.07 Å². The van der Waals surface area contributed by atoms with Crippen LogP contribution in [0.2, 0.25) is 5.02 Å².